The summed E-state index contributed by atoms with van der Waals surface area (Å²) in [5, 5.41) is 2.87. The number of benzene rings is 1. The number of likely N-dealkylation sites (N-methyl/N-ethyl adjacent to an activating group) is 1. The maximum absolute atomic E-state index is 12.8. The van der Waals surface area contributed by atoms with E-state index in [9.17, 15) is 9.59 Å². The summed E-state index contributed by atoms with van der Waals surface area (Å²) in [5.74, 6) is -1.26. The van der Waals surface area contributed by atoms with E-state index < -0.39 is 5.92 Å². The van der Waals surface area contributed by atoms with Crippen LogP contribution in [-0.2, 0) is 9.59 Å². The number of hydrogen-bond donors (Lipinski definition) is 1. The van der Waals surface area contributed by atoms with Gasteiger partial charge in [0, 0.05) is 25.7 Å². The normalized spacial score (nSPS) is 20.3. The van der Waals surface area contributed by atoms with E-state index in [0.717, 1.165) is 16.7 Å². The second-order valence-electron chi connectivity index (χ2n) is 6.39. The van der Waals surface area contributed by atoms with E-state index in [0.29, 0.717) is 12.2 Å². The van der Waals surface area contributed by atoms with Gasteiger partial charge in [-0.1, -0.05) is 29.8 Å². The van der Waals surface area contributed by atoms with E-state index in [-0.39, 0.29) is 17.7 Å². The highest BCUT2D eigenvalue weighted by atomic mass is 16.2. The summed E-state index contributed by atoms with van der Waals surface area (Å²) in [6.45, 7) is 4.47. The monoisotopic (exact) mass is 323 g/mol. The van der Waals surface area contributed by atoms with Gasteiger partial charge in [0.15, 0.2) is 0 Å². The predicted molar refractivity (Wildman–Crippen MR) is 92.7 cm³/mol. The summed E-state index contributed by atoms with van der Waals surface area (Å²) in [4.78, 5) is 31.0. The summed E-state index contributed by atoms with van der Waals surface area (Å²) in [7, 11) is 1.74. The molecule has 1 aromatic carbocycles. The number of carbonyl (C=O) groups excluding carboxylic acids is 2. The number of aryl methyl sites for hydroxylation is 2. The van der Waals surface area contributed by atoms with Gasteiger partial charge in [0.25, 0.3) is 0 Å². The average molecular weight is 323 g/mol. The Kier molecular flexibility index (Phi) is 4.34. The largest absolute Gasteiger partial charge is 0.344 e. The van der Waals surface area contributed by atoms with E-state index in [1.807, 2.05) is 44.2 Å². The molecule has 0 unspecified atom stereocenters. The molecule has 1 aliphatic rings. The Bertz CT molecular complexity index is 770. The van der Waals surface area contributed by atoms with Gasteiger partial charge >= 0.3 is 0 Å². The van der Waals surface area contributed by atoms with Gasteiger partial charge < -0.3 is 10.2 Å². The molecule has 1 N–H and O–H groups in total. The summed E-state index contributed by atoms with van der Waals surface area (Å²) in [6, 6.07) is 9.86. The number of anilines is 1. The summed E-state index contributed by atoms with van der Waals surface area (Å²) >= 11 is 0. The van der Waals surface area contributed by atoms with Crippen LogP contribution in [0.2, 0.25) is 0 Å². The van der Waals surface area contributed by atoms with E-state index in [2.05, 4.69) is 10.3 Å². The zero-order valence-corrected chi connectivity index (χ0v) is 14.1. The zero-order valence-electron chi connectivity index (χ0n) is 14.1. The molecule has 1 aromatic heterocycles. The molecular formula is C19H21N3O2. The highest BCUT2D eigenvalue weighted by Gasteiger charge is 2.44. The van der Waals surface area contributed by atoms with Gasteiger partial charge in [-0.2, -0.15) is 0 Å². The minimum Gasteiger partial charge on any atom is -0.344 e. The van der Waals surface area contributed by atoms with Gasteiger partial charge in [0.2, 0.25) is 11.8 Å². The Morgan fingerprint density at radius 1 is 1.21 bits per heavy atom. The topological polar surface area (TPSA) is 62.3 Å². The number of nitrogens with one attached hydrogen (secondary N) is 1. The van der Waals surface area contributed by atoms with E-state index >= 15 is 0 Å². The lowest BCUT2D eigenvalue weighted by molar-refractivity contribution is -0.135. The van der Waals surface area contributed by atoms with Crippen molar-refractivity contribution in [2.24, 2.45) is 5.92 Å². The van der Waals surface area contributed by atoms with Gasteiger partial charge in [-0.05, 0) is 31.0 Å². The smallest absolute Gasteiger partial charge is 0.237 e. The van der Waals surface area contributed by atoms with Crippen molar-refractivity contribution in [2.45, 2.75) is 19.8 Å². The van der Waals surface area contributed by atoms with Crippen molar-refractivity contribution >= 4 is 17.5 Å². The Hall–Kier alpha value is -2.69. The molecule has 124 valence electrons. The first-order valence-electron chi connectivity index (χ1n) is 8.00. The predicted octanol–water partition coefficient (Wildman–Crippen LogP) is 2.51. The molecule has 3 rings (SSSR count). The molecule has 1 fully saturated rings. The maximum Gasteiger partial charge on any atom is 0.237 e. The lowest BCUT2D eigenvalue weighted by Gasteiger charge is -2.17. The Morgan fingerprint density at radius 2 is 1.92 bits per heavy atom. The molecule has 0 bridgehead atoms. The van der Waals surface area contributed by atoms with Gasteiger partial charge in [-0.15, -0.1) is 0 Å². The number of likely N-dealkylation sites (tertiary alicyclic amines) is 1. The van der Waals surface area contributed by atoms with Crippen LogP contribution in [-0.4, -0.2) is 35.3 Å². The van der Waals surface area contributed by atoms with Crippen LogP contribution in [0.4, 0.5) is 5.69 Å². The number of amides is 2. The standard InChI is InChI=1S/C19H21N3O2/c1-12-4-6-14(7-5-12)15-11-22(3)19(24)17(15)18(23)21-16-10-20-9-8-13(16)2/h4-10,15,17H,11H2,1-3H3,(H,21,23)/t15-,17+/m1/s1. The molecule has 2 aromatic rings. The first-order valence-corrected chi connectivity index (χ1v) is 8.00. The van der Waals surface area contributed by atoms with Crippen molar-refractivity contribution in [3.63, 3.8) is 0 Å². The van der Waals surface area contributed by atoms with Gasteiger partial charge in [0.1, 0.15) is 5.92 Å². The van der Waals surface area contributed by atoms with Crippen LogP contribution in [0.25, 0.3) is 0 Å². The molecule has 2 atom stereocenters. The van der Waals surface area contributed by atoms with Crippen molar-refractivity contribution in [2.75, 3.05) is 18.9 Å². The molecule has 2 amide bonds. The molecule has 5 nitrogen and oxygen atoms in total. The molecule has 1 saturated heterocycles. The first-order chi connectivity index (χ1) is 11.5. The number of pyridine rings is 1. The fourth-order valence-electron chi connectivity index (χ4n) is 3.11. The quantitative estimate of drug-likeness (QED) is 0.883. The lowest BCUT2D eigenvalue weighted by Crippen LogP contribution is -2.32. The maximum atomic E-state index is 12.8. The highest BCUT2D eigenvalue weighted by molar-refractivity contribution is 6.08. The van der Waals surface area contributed by atoms with Crippen molar-refractivity contribution in [1.82, 2.24) is 9.88 Å². The van der Waals surface area contributed by atoms with Crippen molar-refractivity contribution in [3.8, 4) is 0 Å². The second-order valence-corrected chi connectivity index (χ2v) is 6.39. The van der Waals surface area contributed by atoms with Crippen molar-refractivity contribution in [1.29, 1.82) is 0 Å². The molecule has 0 spiro atoms. The highest BCUT2D eigenvalue weighted by Crippen LogP contribution is 2.34. The molecule has 5 heteroatoms. The molecule has 2 heterocycles. The van der Waals surface area contributed by atoms with Crippen LogP contribution < -0.4 is 5.32 Å². The van der Waals surface area contributed by atoms with E-state index in [1.165, 1.54) is 0 Å². The van der Waals surface area contributed by atoms with Crippen LogP contribution in [0.15, 0.2) is 42.7 Å². The van der Waals surface area contributed by atoms with Crippen LogP contribution >= 0.6 is 0 Å². The van der Waals surface area contributed by atoms with Crippen LogP contribution in [0.3, 0.4) is 0 Å². The fraction of sp³-hybridized carbons (Fsp3) is 0.316. The van der Waals surface area contributed by atoms with Crippen molar-refractivity contribution in [3.05, 3.63) is 59.4 Å². The first kappa shape index (κ1) is 16.2. The Morgan fingerprint density at radius 3 is 2.58 bits per heavy atom. The van der Waals surface area contributed by atoms with E-state index in [4.69, 9.17) is 0 Å². The van der Waals surface area contributed by atoms with Crippen LogP contribution in [0.1, 0.15) is 22.6 Å². The van der Waals surface area contributed by atoms with Gasteiger partial charge in [-0.3, -0.25) is 14.6 Å². The summed E-state index contributed by atoms with van der Waals surface area (Å²) in [6.07, 6.45) is 3.28. The minimum absolute atomic E-state index is 0.139. The minimum atomic E-state index is -0.711. The van der Waals surface area contributed by atoms with E-state index in [1.54, 1.807) is 24.3 Å². The van der Waals surface area contributed by atoms with Crippen molar-refractivity contribution < 1.29 is 9.59 Å². The molecule has 24 heavy (non-hydrogen) atoms. The molecule has 1 aliphatic heterocycles. The number of nitrogens with zero attached hydrogens (tertiary/aromatic N) is 2. The Labute approximate surface area is 141 Å². The molecule has 0 radical (unpaired) electrons. The fourth-order valence-corrected chi connectivity index (χ4v) is 3.11. The average Bonchev–Trinajstić information content (AvgIpc) is 2.86. The third-order valence-electron chi connectivity index (χ3n) is 4.60. The van der Waals surface area contributed by atoms with Crippen LogP contribution in [0.5, 0.6) is 0 Å². The zero-order chi connectivity index (χ0) is 17.3. The third-order valence-corrected chi connectivity index (χ3v) is 4.60. The third kappa shape index (κ3) is 3.02. The summed E-state index contributed by atoms with van der Waals surface area (Å²) < 4.78 is 0. The lowest BCUT2D eigenvalue weighted by atomic mass is 9.87. The molecular weight excluding hydrogens is 302 g/mol. The van der Waals surface area contributed by atoms with Gasteiger partial charge in [-0.25, -0.2) is 0 Å². The number of hydrogen-bond acceptors (Lipinski definition) is 3. The van der Waals surface area contributed by atoms with Gasteiger partial charge in [0.05, 0.1) is 11.9 Å². The molecule has 0 aliphatic carbocycles. The Balaban J connectivity index is 1.87. The SMILES string of the molecule is Cc1ccc([C@H]2CN(C)C(=O)[C@@H]2C(=O)Nc2cnccc2C)cc1. The van der Waals surface area contributed by atoms with Crippen LogP contribution in [0, 0.1) is 19.8 Å². The number of carbonyl (C=O) groups is 2. The molecule has 0 saturated carbocycles. The summed E-state index contributed by atoms with van der Waals surface area (Å²) in [5.41, 5.74) is 3.74. The number of rotatable bonds is 3. The number of aromatic nitrogens is 1. The second kappa shape index (κ2) is 6.43.